The summed E-state index contributed by atoms with van der Waals surface area (Å²) in [4.78, 5) is 10.7. The standard InChI is InChI=1S/C8H15O2/c1-3-5-6-8(9)10-7-4-2/h7H,3-6H2,1-2H3. The van der Waals surface area contributed by atoms with E-state index in [-0.39, 0.29) is 5.97 Å². The predicted octanol–water partition coefficient (Wildman–Crippen LogP) is 2.29. The van der Waals surface area contributed by atoms with E-state index in [0.717, 1.165) is 19.3 Å². The Morgan fingerprint density at radius 3 is 2.70 bits per heavy atom. The van der Waals surface area contributed by atoms with Gasteiger partial charge in [0.15, 0.2) is 0 Å². The van der Waals surface area contributed by atoms with Gasteiger partial charge in [-0.25, -0.2) is 0 Å². The molecule has 0 rings (SSSR count). The lowest BCUT2D eigenvalue weighted by Gasteiger charge is -1.99. The van der Waals surface area contributed by atoms with Crippen LogP contribution in [0.4, 0.5) is 0 Å². The molecule has 0 unspecified atom stereocenters. The fraction of sp³-hybridized carbons (Fsp3) is 0.750. The maximum atomic E-state index is 10.7. The van der Waals surface area contributed by atoms with E-state index in [1.54, 1.807) is 0 Å². The minimum absolute atomic E-state index is 0.108. The van der Waals surface area contributed by atoms with Crippen LogP contribution in [-0.4, -0.2) is 5.97 Å². The van der Waals surface area contributed by atoms with E-state index in [4.69, 9.17) is 4.74 Å². The molecule has 0 aromatic carbocycles. The van der Waals surface area contributed by atoms with Crippen LogP contribution in [-0.2, 0) is 9.53 Å². The number of hydrogen-bond acceptors (Lipinski definition) is 2. The van der Waals surface area contributed by atoms with Gasteiger partial charge in [-0.15, -0.1) is 0 Å². The summed E-state index contributed by atoms with van der Waals surface area (Å²) in [5.74, 6) is -0.108. The van der Waals surface area contributed by atoms with E-state index >= 15 is 0 Å². The zero-order valence-corrected chi connectivity index (χ0v) is 6.72. The number of ether oxygens (including phenoxy) is 1. The maximum Gasteiger partial charge on any atom is 0.306 e. The molecule has 0 aliphatic heterocycles. The first kappa shape index (κ1) is 9.47. The Morgan fingerprint density at radius 1 is 1.50 bits per heavy atom. The van der Waals surface area contributed by atoms with Crippen LogP contribution in [0.5, 0.6) is 0 Å². The number of rotatable bonds is 5. The summed E-state index contributed by atoms with van der Waals surface area (Å²) in [6.45, 7) is 5.53. The largest absolute Gasteiger partial charge is 0.458 e. The highest BCUT2D eigenvalue weighted by atomic mass is 16.5. The zero-order chi connectivity index (χ0) is 7.82. The molecule has 0 bridgehead atoms. The van der Waals surface area contributed by atoms with Crippen molar-refractivity contribution < 1.29 is 9.53 Å². The molecule has 0 spiro atoms. The Bertz CT molecular complexity index is 79.3. The van der Waals surface area contributed by atoms with Crippen LogP contribution in [0, 0.1) is 6.61 Å². The van der Waals surface area contributed by atoms with Crippen molar-refractivity contribution in [2.45, 2.75) is 39.5 Å². The zero-order valence-electron chi connectivity index (χ0n) is 6.72. The minimum atomic E-state index is -0.108. The molecule has 1 radical (unpaired) electrons. The molecule has 0 saturated heterocycles. The minimum Gasteiger partial charge on any atom is -0.458 e. The molecular formula is C8H15O2. The fourth-order valence-electron chi connectivity index (χ4n) is 0.556. The number of carbonyl (C=O) groups is 1. The molecule has 59 valence electrons. The Labute approximate surface area is 62.6 Å². The Morgan fingerprint density at radius 2 is 2.20 bits per heavy atom. The lowest BCUT2D eigenvalue weighted by molar-refractivity contribution is -0.140. The van der Waals surface area contributed by atoms with Gasteiger partial charge in [-0.1, -0.05) is 20.3 Å². The van der Waals surface area contributed by atoms with Crippen molar-refractivity contribution in [1.29, 1.82) is 0 Å². The number of esters is 1. The third-order valence-corrected chi connectivity index (χ3v) is 1.12. The average molecular weight is 143 g/mol. The van der Waals surface area contributed by atoms with E-state index < -0.39 is 0 Å². The first-order chi connectivity index (χ1) is 4.81. The normalized spacial score (nSPS) is 9.40. The van der Waals surface area contributed by atoms with Crippen LogP contribution in [0.2, 0.25) is 0 Å². The Kier molecular flexibility index (Phi) is 6.24. The Hall–Kier alpha value is -0.530. The molecule has 0 atom stereocenters. The lowest BCUT2D eigenvalue weighted by atomic mass is 10.2. The van der Waals surface area contributed by atoms with E-state index in [1.165, 1.54) is 6.61 Å². The van der Waals surface area contributed by atoms with Crippen molar-refractivity contribution in [2.24, 2.45) is 0 Å². The van der Waals surface area contributed by atoms with Gasteiger partial charge in [0.2, 0.25) is 0 Å². The van der Waals surface area contributed by atoms with Crippen LogP contribution in [0.25, 0.3) is 0 Å². The van der Waals surface area contributed by atoms with Crippen molar-refractivity contribution in [3.05, 3.63) is 6.61 Å². The third-order valence-electron chi connectivity index (χ3n) is 1.12. The maximum absolute atomic E-state index is 10.7. The first-order valence-electron chi connectivity index (χ1n) is 3.82. The van der Waals surface area contributed by atoms with Crippen LogP contribution < -0.4 is 0 Å². The molecule has 0 heterocycles. The third kappa shape index (κ3) is 5.60. The topological polar surface area (TPSA) is 26.3 Å². The Balaban J connectivity index is 3.09. The van der Waals surface area contributed by atoms with Gasteiger partial charge in [0.25, 0.3) is 0 Å². The van der Waals surface area contributed by atoms with Crippen LogP contribution in [0.15, 0.2) is 0 Å². The van der Waals surface area contributed by atoms with Crippen molar-refractivity contribution in [3.8, 4) is 0 Å². The monoisotopic (exact) mass is 143 g/mol. The van der Waals surface area contributed by atoms with Crippen molar-refractivity contribution >= 4 is 5.97 Å². The summed E-state index contributed by atoms with van der Waals surface area (Å²) in [5.41, 5.74) is 0. The van der Waals surface area contributed by atoms with Crippen LogP contribution >= 0.6 is 0 Å². The van der Waals surface area contributed by atoms with Crippen molar-refractivity contribution in [3.63, 3.8) is 0 Å². The highest BCUT2D eigenvalue weighted by molar-refractivity contribution is 5.69. The highest BCUT2D eigenvalue weighted by Crippen LogP contribution is 1.98. The molecule has 2 nitrogen and oxygen atoms in total. The van der Waals surface area contributed by atoms with Gasteiger partial charge >= 0.3 is 5.97 Å². The van der Waals surface area contributed by atoms with Crippen LogP contribution in [0.3, 0.4) is 0 Å². The molecule has 0 aromatic heterocycles. The first-order valence-corrected chi connectivity index (χ1v) is 3.82. The molecule has 0 fully saturated rings. The molecule has 10 heavy (non-hydrogen) atoms. The number of unbranched alkanes of at least 4 members (excludes halogenated alkanes) is 1. The second kappa shape index (κ2) is 6.59. The highest BCUT2D eigenvalue weighted by Gasteiger charge is 1.99. The van der Waals surface area contributed by atoms with Gasteiger partial charge in [-0.3, -0.25) is 4.79 Å². The van der Waals surface area contributed by atoms with Gasteiger partial charge in [-0.05, 0) is 12.8 Å². The van der Waals surface area contributed by atoms with Gasteiger partial charge in [0, 0.05) is 6.42 Å². The van der Waals surface area contributed by atoms with Crippen LogP contribution in [0.1, 0.15) is 39.5 Å². The van der Waals surface area contributed by atoms with E-state index in [9.17, 15) is 4.79 Å². The van der Waals surface area contributed by atoms with Crippen molar-refractivity contribution in [2.75, 3.05) is 0 Å². The molecule has 0 amide bonds. The summed E-state index contributed by atoms with van der Waals surface area (Å²) in [6, 6.07) is 0. The van der Waals surface area contributed by atoms with Gasteiger partial charge in [0.05, 0.1) is 0 Å². The summed E-state index contributed by atoms with van der Waals surface area (Å²) in [5, 5.41) is 0. The number of hydrogen-bond donors (Lipinski definition) is 0. The molecule has 2 heteroatoms. The fourth-order valence-corrected chi connectivity index (χ4v) is 0.556. The predicted molar refractivity (Wildman–Crippen MR) is 40.2 cm³/mol. The van der Waals surface area contributed by atoms with E-state index in [2.05, 4.69) is 6.92 Å². The smallest absolute Gasteiger partial charge is 0.306 e. The van der Waals surface area contributed by atoms with E-state index in [1.807, 2.05) is 6.92 Å². The van der Waals surface area contributed by atoms with E-state index in [0.29, 0.717) is 6.42 Å². The quantitative estimate of drug-likeness (QED) is 0.552. The summed E-state index contributed by atoms with van der Waals surface area (Å²) in [6.07, 6.45) is 3.31. The molecule has 0 aromatic rings. The number of carbonyl (C=O) groups excluding carboxylic acids is 1. The second-order valence-electron chi connectivity index (χ2n) is 2.17. The van der Waals surface area contributed by atoms with Crippen molar-refractivity contribution in [1.82, 2.24) is 0 Å². The summed E-state index contributed by atoms with van der Waals surface area (Å²) in [7, 11) is 0. The summed E-state index contributed by atoms with van der Waals surface area (Å²) >= 11 is 0. The molecule has 0 aliphatic carbocycles. The molecule has 0 saturated carbocycles. The average Bonchev–Trinajstić information content (AvgIpc) is 1.97. The SMILES string of the molecule is CC[CH]OC(=O)CCCC. The summed E-state index contributed by atoms with van der Waals surface area (Å²) < 4.78 is 4.73. The molecule has 0 N–H and O–H groups in total. The molecule has 0 aliphatic rings. The van der Waals surface area contributed by atoms with Gasteiger partial charge in [-0.2, -0.15) is 0 Å². The molecular weight excluding hydrogens is 128 g/mol. The second-order valence-corrected chi connectivity index (χ2v) is 2.17. The lowest BCUT2D eigenvalue weighted by Crippen LogP contribution is -2.00. The van der Waals surface area contributed by atoms with Gasteiger partial charge < -0.3 is 4.74 Å². The van der Waals surface area contributed by atoms with Gasteiger partial charge in [0.1, 0.15) is 6.61 Å².